The fourth-order valence-corrected chi connectivity index (χ4v) is 2.62. The van der Waals surface area contributed by atoms with Gasteiger partial charge in [-0.2, -0.15) is 17.0 Å². The van der Waals surface area contributed by atoms with Crippen molar-refractivity contribution in [3.63, 3.8) is 0 Å². The van der Waals surface area contributed by atoms with Crippen molar-refractivity contribution in [3.05, 3.63) is 29.8 Å². The minimum absolute atomic E-state index is 0.110. The van der Waals surface area contributed by atoms with Gasteiger partial charge in [0.25, 0.3) is 0 Å². The Morgan fingerprint density at radius 3 is 2.35 bits per heavy atom. The van der Waals surface area contributed by atoms with E-state index in [1.54, 1.807) is 16.7 Å². The van der Waals surface area contributed by atoms with Crippen LogP contribution >= 0.6 is 11.8 Å². The van der Waals surface area contributed by atoms with Crippen LogP contribution in [0.5, 0.6) is 0 Å². The third kappa shape index (κ3) is 5.75. The lowest BCUT2D eigenvalue weighted by molar-refractivity contribution is -0.106. The van der Waals surface area contributed by atoms with Crippen LogP contribution in [0.15, 0.2) is 24.3 Å². The highest BCUT2D eigenvalue weighted by molar-refractivity contribution is 7.97. The van der Waals surface area contributed by atoms with Gasteiger partial charge in [-0.05, 0) is 57.0 Å². The van der Waals surface area contributed by atoms with Crippen LogP contribution in [0.25, 0.3) is 0 Å². The molecule has 0 aromatic heterocycles. The number of nitrogens with one attached hydrogen (secondary N) is 1. The highest BCUT2D eigenvalue weighted by Gasteiger charge is 2.44. The molecule has 1 saturated heterocycles. The van der Waals surface area contributed by atoms with Crippen LogP contribution in [0, 0.1) is 11.3 Å². The second kappa shape index (κ2) is 10.8. The van der Waals surface area contributed by atoms with Crippen LogP contribution in [-0.2, 0) is 14.9 Å². The molecule has 2 aliphatic rings. The summed E-state index contributed by atoms with van der Waals surface area (Å²) in [7, 11) is 1.84. The number of carbonyl (C=O) groups excluding carboxylic acids is 2. The van der Waals surface area contributed by atoms with Gasteiger partial charge in [0.15, 0.2) is 0 Å². The number of hydrogen-bond donors (Lipinski definition) is 1. The van der Waals surface area contributed by atoms with Crippen LogP contribution < -0.4 is 10.2 Å². The molecule has 1 atom stereocenters. The summed E-state index contributed by atoms with van der Waals surface area (Å²) in [6, 6.07) is 10.1. The Kier molecular flexibility index (Phi) is 9.17. The van der Waals surface area contributed by atoms with E-state index in [9.17, 15) is 10.1 Å². The van der Waals surface area contributed by atoms with Gasteiger partial charge in [-0.1, -0.05) is 12.1 Å². The van der Waals surface area contributed by atoms with Crippen LogP contribution in [0.4, 0.5) is 10.5 Å². The predicted molar refractivity (Wildman–Crippen MR) is 106 cm³/mol. The molecule has 1 aliphatic heterocycles. The molecule has 0 spiro atoms. The maximum atomic E-state index is 11.8. The number of carbonyl (C=O) groups is 2. The first-order chi connectivity index (χ1) is 12.5. The molecule has 3 rings (SSSR count). The molecule has 1 aliphatic carbocycles. The number of anilines is 1. The molecule has 26 heavy (non-hydrogen) atoms. The molecule has 1 unspecified atom stereocenters. The molecule has 1 N–H and O–H groups in total. The van der Waals surface area contributed by atoms with E-state index in [2.05, 4.69) is 11.4 Å². The molecule has 1 heterocycles. The Balaban J connectivity index is 0.000000499. The first-order valence-corrected chi connectivity index (χ1v) is 10.1. The summed E-state index contributed by atoms with van der Waals surface area (Å²) in [6.45, 7) is 2.65. The first-order valence-electron chi connectivity index (χ1n) is 8.46. The fourth-order valence-electron chi connectivity index (χ4n) is 2.62. The second-order valence-electron chi connectivity index (χ2n) is 6.06. The summed E-state index contributed by atoms with van der Waals surface area (Å²) in [5.74, 6) is 0. The van der Waals surface area contributed by atoms with Crippen molar-refractivity contribution in [2.75, 3.05) is 37.5 Å². The van der Waals surface area contributed by atoms with Crippen molar-refractivity contribution in [1.29, 1.82) is 5.26 Å². The first kappa shape index (κ1) is 22.0. The standard InChI is InChI=1S/C15H17N3O2.C2H4O.C2H6S/c1-17-8-13-9-18(14(19)20-13)12-4-2-11(3-5-12)15(10-16)6-7-15;1-2-3;1-3-2/h2-5,13,17H,6-9H2,1H3;2H,1H3;1-2H3. The highest BCUT2D eigenvalue weighted by atomic mass is 32.2. The fraction of sp³-hybridized carbons (Fsp3) is 0.526. The summed E-state index contributed by atoms with van der Waals surface area (Å²) >= 11 is 1.75. The lowest BCUT2D eigenvalue weighted by atomic mass is 9.97. The Hall–Kier alpha value is -2.04. The molecule has 142 valence electrons. The van der Waals surface area contributed by atoms with Gasteiger partial charge in [0, 0.05) is 12.2 Å². The molecule has 1 amide bonds. The summed E-state index contributed by atoms with van der Waals surface area (Å²) in [4.78, 5) is 22.3. The van der Waals surface area contributed by atoms with Gasteiger partial charge < -0.3 is 14.8 Å². The van der Waals surface area contributed by atoms with E-state index >= 15 is 0 Å². The van der Waals surface area contributed by atoms with Gasteiger partial charge in [-0.3, -0.25) is 4.90 Å². The van der Waals surface area contributed by atoms with Crippen molar-refractivity contribution in [2.24, 2.45) is 0 Å². The Labute approximate surface area is 159 Å². The lowest BCUT2D eigenvalue weighted by Gasteiger charge is -2.14. The van der Waals surface area contributed by atoms with E-state index in [-0.39, 0.29) is 17.6 Å². The minimum Gasteiger partial charge on any atom is -0.443 e. The van der Waals surface area contributed by atoms with Crippen molar-refractivity contribution in [2.45, 2.75) is 31.3 Å². The summed E-state index contributed by atoms with van der Waals surface area (Å²) in [5.41, 5.74) is 1.59. The number of hydrogen-bond acceptors (Lipinski definition) is 6. The predicted octanol–water partition coefficient (Wildman–Crippen LogP) is 2.97. The average Bonchev–Trinajstić information content (AvgIpc) is 3.35. The molecule has 2 fully saturated rings. The Morgan fingerprint density at radius 2 is 1.92 bits per heavy atom. The van der Waals surface area contributed by atoms with Crippen LogP contribution in [0.3, 0.4) is 0 Å². The monoisotopic (exact) mass is 377 g/mol. The number of amides is 1. The quantitative estimate of drug-likeness (QED) is 0.813. The number of benzene rings is 1. The SMILES string of the molecule is CC=O.CNCC1CN(c2ccc(C3(C#N)CC3)cc2)C(=O)O1.CSC. The number of nitriles is 1. The molecule has 1 aromatic carbocycles. The zero-order valence-electron chi connectivity index (χ0n) is 15.8. The topological polar surface area (TPSA) is 82.4 Å². The number of cyclic esters (lactones) is 1. The van der Waals surface area contributed by atoms with Gasteiger partial charge in [-0.25, -0.2) is 4.79 Å². The normalized spacial score (nSPS) is 19.1. The van der Waals surface area contributed by atoms with Gasteiger partial charge >= 0.3 is 6.09 Å². The van der Waals surface area contributed by atoms with E-state index in [1.807, 2.05) is 43.8 Å². The smallest absolute Gasteiger partial charge is 0.414 e. The van der Waals surface area contributed by atoms with Gasteiger partial charge in [-0.15, -0.1) is 0 Å². The summed E-state index contributed by atoms with van der Waals surface area (Å²) in [5, 5.41) is 12.2. The number of ether oxygens (including phenoxy) is 1. The lowest BCUT2D eigenvalue weighted by Crippen LogP contribution is -2.29. The molecule has 1 aromatic rings. The molecule has 7 heteroatoms. The van der Waals surface area contributed by atoms with Crippen LogP contribution in [0.2, 0.25) is 0 Å². The van der Waals surface area contributed by atoms with E-state index < -0.39 is 0 Å². The molecule has 0 radical (unpaired) electrons. The van der Waals surface area contributed by atoms with Crippen molar-refractivity contribution in [3.8, 4) is 6.07 Å². The average molecular weight is 378 g/mol. The number of thioether (sulfide) groups is 1. The van der Waals surface area contributed by atoms with Crippen molar-refractivity contribution in [1.82, 2.24) is 5.32 Å². The number of aldehydes is 1. The molecular weight excluding hydrogens is 350 g/mol. The van der Waals surface area contributed by atoms with Gasteiger partial charge in [0.1, 0.15) is 12.4 Å². The third-order valence-corrected chi connectivity index (χ3v) is 4.00. The van der Waals surface area contributed by atoms with Gasteiger partial charge in [0.2, 0.25) is 0 Å². The second-order valence-corrected chi connectivity index (χ2v) is 6.88. The summed E-state index contributed by atoms with van der Waals surface area (Å²) in [6.07, 6.45) is 6.28. The largest absolute Gasteiger partial charge is 0.443 e. The molecule has 6 nitrogen and oxygen atoms in total. The van der Waals surface area contributed by atoms with E-state index in [0.717, 1.165) is 30.4 Å². The number of nitrogens with zero attached hydrogens (tertiary/aromatic N) is 2. The van der Waals surface area contributed by atoms with Gasteiger partial charge in [0.05, 0.1) is 18.0 Å². The van der Waals surface area contributed by atoms with Crippen LogP contribution in [0.1, 0.15) is 25.3 Å². The molecular formula is C19H27N3O3S. The number of rotatable bonds is 4. The zero-order chi connectivity index (χ0) is 19.6. The van der Waals surface area contributed by atoms with Crippen LogP contribution in [-0.4, -0.2) is 51.1 Å². The van der Waals surface area contributed by atoms with Crippen molar-refractivity contribution >= 4 is 29.8 Å². The minimum atomic E-state index is -0.306. The van der Waals surface area contributed by atoms with E-state index in [4.69, 9.17) is 9.53 Å². The zero-order valence-corrected chi connectivity index (χ0v) is 16.6. The van der Waals surface area contributed by atoms with Crippen molar-refractivity contribution < 1.29 is 14.3 Å². The number of likely N-dealkylation sites (N-methyl/N-ethyl adjacent to an activating group) is 1. The maximum absolute atomic E-state index is 11.8. The molecule has 0 bridgehead atoms. The van der Waals surface area contributed by atoms with E-state index in [1.165, 1.54) is 6.92 Å². The van der Waals surface area contributed by atoms with E-state index in [0.29, 0.717) is 13.1 Å². The molecule has 1 saturated carbocycles. The summed E-state index contributed by atoms with van der Waals surface area (Å²) < 4.78 is 5.27. The Bertz CT molecular complexity index is 624. The maximum Gasteiger partial charge on any atom is 0.414 e. The highest BCUT2D eigenvalue weighted by Crippen LogP contribution is 2.47. The third-order valence-electron chi connectivity index (χ3n) is 4.00. The Morgan fingerprint density at radius 1 is 1.38 bits per heavy atom.